The largest absolute Gasteiger partial charge is 0.0874 e. The molecule has 3 rings (SSSR count). The molecule has 0 radical (unpaired) electrons. The summed E-state index contributed by atoms with van der Waals surface area (Å²) in [5.74, 6) is 0. The zero-order valence-electron chi connectivity index (χ0n) is 9.28. The molecule has 0 atom stereocenters. The van der Waals surface area contributed by atoms with Crippen LogP contribution >= 0.6 is 23.5 Å². The van der Waals surface area contributed by atoms with Crippen LogP contribution in [-0.4, -0.2) is 0 Å². The summed E-state index contributed by atoms with van der Waals surface area (Å²) in [7, 11) is 0. The number of hydrogen-bond acceptors (Lipinski definition) is 2. The fourth-order valence-corrected chi connectivity index (χ4v) is 4.39. The third kappa shape index (κ3) is 1.57. The van der Waals surface area contributed by atoms with Gasteiger partial charge in [0.25, 0.3) is 0 Å². The molecule has 1 aliphatic heterocycles. The Morgan fingerprint density at radius 1 is 0.688 bits per heavy atom. The second-order valence-electron chi connectivity index (χ2n) is 4.01. The zero-order valence-corrected chi connectivity index (χ0v) is 10.9. The van der Waals surface area contributed by atoms with Crippen molar-refractivity contribution in [3.63, 3.8) is 0 Å². The van der Waals surface area contributed by atoms with E-state index < -0.39 is 0 Å². The molecule has 0 saturated heterocycles. The monoisotopic (exact) mass is 244 g/mol. The summed E-state index contributed by atoms with van der Waals surface area (Å²) >= 11 is 3.80. The topological polar surface area (TPSA) is 0 Å². The predicted octanol–water partition coefficient (Wildman–Crippen LogP) is 4.92. The maximum absolute atomic E-state index is 2.22. The first-order chi connectivity index (χ1) is 7.75. The lowest BCUT2D eigenvalue weighted by molar-refractivity contribution is 1.08. The number of fused-ring (bicyclic) bond motifs is 2. The SMILES string of the molecule is Cc1ccc(C)c2c1Sc1ccccc1S2. The third-order valence-corrected chi connectivity index (χ3v) is 5.65. The van der Waals surface area contributed by atoms with E-state index in [1.54, 1.807) is 0 Å². The van der Waals surface area contributed by atoms with Crippen LogP contribution in [0.2, 0.25) is 0 Å². The summed E-state index contributed by atoms with van der Waals surface area (Å²) in [6.45, 7) is 4.39. The van der Waals surface area contributed by atoms with Crippen molar-refractivity contribution in [2.24, 2.45) is 0 Å². The van der Waals surface area contributed by atoms with Gasteiger partial charge in [0.05, 0.1) is 0 Å². The van der Waals surface area contributed by atoms with Gasteiger partial charge in [0.1, 0.15) is 0 Å². The van der Waals surface area contributed by atoms with Gasteiger partial charge in [0.15, 0.2) is 0 Å². The molecule has 0 amide bonds. The van der Waals surface area contributed by atoms with Crippen LogP contribution in [0.15, 0.2) is 56.0 Å². The first kappa shape index (κ1) is 10.3. The molecule has 0 bridgehead atoms. The molecule has 0 saturated carbocycles. The van der Waals surface area contributed by atoms with Crippen molar-refractivity contribution in [3.05, 3.63) is 47.5 Å². The Labute approximate surface area is 104 Å². The molecule has 80 valence electrons. The Hall–Kier alpha value is -0.860. The molecule has 2 heteroatoms. The summed E-state index contributed by atoms with van der Waals surface area (Å²) < 4.78 is 0. The minimum atomic E-state index is 1.38. The van der Waals surface area contributed by atoms with Gasteiger partial charge in [0.2, 0.25) is 0 Å². The van der Waals surface area contributed by atoms with Crippen LogP contribution in [0.4, 0.5) is 0 Å². The van der Waals surface area contributed by atoms with Crippen molar-refractivity contribution >= 4 is 23.5 Å². The van der Waals surface area contributed by atoms with Crippen LogP contribution < -0.4 is 0 Å². The lowest BCUT2D eigenvalue weighted by atomic mass is 10.2. The van der Waals surface area contributed by atoms with Crippen molar-refractivity contribution in [3.8, 4) is 0 Å². The molecule has 16 heavy (non-hydrogen) atoms. The highest BCUT2D eigenvalue weighted by molar-refractivity contribution is 8.05. The standard InChI is InChI=1S/C14H12S2/c1-9-7-8-10(2)14-13(9)15-11-5-3-4-6-12(11)16-14/h3-8H,1-2H3. The number of hydrogen-bond donors (Lipinski definition) is 0. The molecule has 2 aromatic carbocycles. The molecular weight excluding hydrogens is 232 g/mol. The van der Waals surface area contributed by atoms with Crippen molar-refractivity contribution in [2.45, 2.75) is 33.4 Å². The highest BCUT2D eigenvalue weighted by Gasteiger charge is 2.19. The highest BCUT2D eigenvalue weighted by atomic mass is 32.2. The normalized spacial score (nSPS) is 13.1. The summed E-state index contributed by atoms with van der Waals surface area (Å²) in [5.41, 5.74) is 2.76. The number of rotatable bonds is 0. The minimum Gasteiger partial charge on any atom is -0.0874 e. The van der Waals surface area contributed by atoms with E-state index in [4.69, 9.17) is 0 Å². The minimum absolute atomic E-state index is 1.38. The fraction of sp³-hybridized carbons (Fsp3) is 0.143. The summed E-state index contributed by atoms with van der Waals surface area (Å²) in [5, 5.41) is 0. The van der Waals surface area contributed by atoms with Crippen LogP contribution in [0.1, 0.15) is 11.1 Å². The molecule has 0 spiro atoms. The average molecular weight is 244 g/mol. The van der Waals surface area contributed by atoms with Crippen molar-refractivity contribution in [2.75, 3.05) is 0 Å². The fourth-order valence-electron chi connectivity index (χ4n) is 1.85. The van der Waals surface area contributed by atoms with Crippen molar-refractivity contribution in [1.29, 1.82) is 0 Å². The van der Waals surface area contributed by atoms with Gasteiger partial charge in [-0.2, -0.15) is 0 Å². The lowest BCUT2D eigenvalue weighted by Gasteiger charge is -2.21. The highest BCUT2D eigenvalue weighted by Crippen LogP contribution is 2.50. The van der Waals surface area contributed by atoms with Crippen molar-refractivity contribution < 1.29 is 0 Å². The van der Waals surface area contributed by atoms with E-state index in [2.05, 4.69) is 50.2 Å². The van der Waals surface area contributed by atoms with Gasteiger partial charge in [-0.05, 0) is 37.1 Å². The Kier molecular flexibility index (Phi) is 2.49. The zero-order chi connectivity index (χ0) is 11.1. The molecule has 0 nitrogen and oxygen atoms in total. The summed E-state index contributed by atoms with van der Waals surface area (Å²) in [6, 6.07) is 13.1. The summed E-state index contributed by atoms with van der Waals surface area (Å²) in [6.07, 6.45) is 0. The molecule has 1 aliphatic rings. The maximum Gasteiger partial charge on any atom is 0.0294 e. The molecule has 0 aromatic heterocycles. The predicted molar refractivity (Wildman–Crippen MR) is 70.6 cm³/mol. The lowest BCUT2D eigenvalue weighted by Crippen LogP contribution is -1.94. The van der Waals surface area contributed by atoms with Gasteiger partial charge in [-0.15, -0.1) is 0 Å². The van der Waals surface area contributed by atoms with E-state index in [9.17, 15) is 0 Å². The molecule has 0 unspecified atom stereocenters. The van der Waals surface area contributed by atoms with Crippen LogP contribution in [0.25, 0.3) is 0 Å². The Morgan fingerprint density at radius 2 is 1.12 bits per heavy atom. The van der Waals surface area contributed by atoms with Crippen molar-refractivity contribution in [1.82, 2.24) is 0 Å². The smallest absolute Gasteiger partial charge is 0.0294 e. The van der Waals surface area contributed by atoms with E-state index in [0.717, 1.165) is 0 Å². The Balaban J connectivity index is 2.19. The van der Waals surface area contributed by atoms with Gasteiger partial charge >= 0.3 is 0 Å². The molecule has 2 aromatic rings. The third-order valence-electron chi connectivity index (χ3n) is 2.78. The van der Waals surface area contributed by atoms with Gasteiger partial charge in [-0.3, -0.25) is 0 Å². The van der Waals surface area contributed by atoms with E-state index in [1.165, 1.54) is 30.7 Å². The van der Waals surface area contributed by atoms with Crippen LogP contribution in [0.3, 0.4) is 0 Å². The first-order valence-corrected chi connectivity index (χ1v) is 6.94. The second kappa shape index (κ2) is 3.86. The molecule has 1 heterocycles. The molecular formula is C14H12S2. The Bertz CT molecular complexity index is 509. The van der Waals surface area contributed by atoms with Gasteiger partial charge in [0, 0.05) is 19.6 Å². The molecule has 0 N–H and O–H groups in total. The number of aryl methyl sites for hydroxylation is 2. The maximum atomic E-state index is 2.22. The van der Waals surface area contributed by atoms with E-state index in [1.807, 2.05) is 23.5 Å². The van der Waals surface area contributed by atoms with Gasteiger partial charge < -0.3 is 0 Å². The van der Waals surface area contributed by atoms with E-state index in [0.29, 0.717) is 0 Å². The average Bonchev–Trinajstić information content (AvgIpc) is 2.32. The second-order valence-corrected chi connectivity index (χ2v) is 6.11. The number of benzene rings is 2. The Morgan fingerprint density at radius 3 is 1.56 bits per heavy atom. The quantitative estimate of drug-likeness (QED) is 0.550. The molecule has 0 fully saturated rings. The van der Waals surface area contributed by atoms with E-state index >= 15 is 0 Å². The van der Waals surface area contributed by atoms with Crippen LogP contribution in [0.5, 0.6) is 0 Å². The van der Waals surface area contributed by atoms with Crippen LogP contribution in [-0.2, 0) is 0 Å². The molecule has 0 aliphatic carbocycles. The van der Waals surface area contributed by atoms with Gasteiger partial charge in [-0.1, -0.05) is 47.8 Å². The van der Waals surface area contributed by atoms with Crippen LogP contribution in [0, 0.1) is 13.8 Å². The van der Waals surface area contributed by atoms with E-state index in [-0.39, 0.29) is 0 Å². The van der Waals surface area contributed by atoms with Gasteiger partial charge in [-0.25, -0.2) is 0 Å². The summed E-state index contributed by atoms with van der Waals surface area (Å²) in [4.78, 5) is 5.63. The first-order valence-electron chi connectivity index (χ1n) is 5.30.